The largest absolute Gasteiger partial charge is 0.405 e. The second-order valence-corrected chi connectivity index (χ2v) is 7.32. The highest BCUT2D eigenvalue weighted by Gasteiger charge is 2.30. The Morgan fingerprint density at radius 3 is 2.53 bits per heavy atom. The molecule has 2 aromatic heterocycles. The van der Waals surface area contributed by atoms with Gasteiger partial charge < -0.3 is 15.6 Å². The van der Waals surface area contributed by atoms with Gasteiger partial charge in [-0.05, 0) is 41.7 Å². The van der Waals surface area contributed by atoms with Gasteiger partial charge in [-0.15, -0.1) is 0 Å². The van der Waals surface area contributed by atoms with Gasteiger partial charge in [-0.25, -0.2) is 4.98 Å². The van der Waals surface area contributed by atoms with Crippen molar-refractivity contribution in [3.8, 4) is 11.1 Å². The average Bonchev–Trinajstić information content (AvgIpc) is 3.44. The van der Waals surface area contributed by atoms with Gasteiger partial charge in [-0.1, -0.05) is 24.3 Å². The van der Waals surface area contributed by atoms with Crippen molar-refractivity contribution in [2.24, 2.45) is 5.92 Å². The summed E-state index contributed by atoms with van der Waals surface area (Å²) in [4.78, 5) is 31.3. The van der Waals surface area contributed by atoms with Crippen molar-refractivity contribution in [3.63, 3.8) is 0 Å². The topological polar surface area (TPSA) is 86.9 Å². The Morgan fingerprint density at radius 2 is 1.87 bits per heavy atom. The van der Waals surface area contributed by atoms with Gasteiger partial charge in [0.15, 0.2) is 0 Å². The van der Waals surface area contributed by atoms with Crippen LogP contribution in [0, 0.1) is 5.92 Å². The molecule has 2 heterocycles. The molecule has 0 spiro atoms. The molecule has 0 unspecified atom stereocenters. The zero-order chi connectivity index (χ0) is 21.3. The third-order valence-electron chi connectivity index (χ3n) is 4.84. The lowest BCUT2D eigenvalue weighted by atomic mass is 10.0. The van der Waals surface area contributed by atoms with Crippen LogP contribution in [-0.2, 0) is 16.0 Å². The van der Waals surface area contributed by atoms with E-state index in [1.165, 1.54) is 0 Å². The van der Waals surface area contributed by atoms with Crippen molar-refractivity contribution in [1.82, 2.24) is 15.3 Å². The van der Waals surface area contributed by atoms with Gasteiger partial charge >= 0.3 is 6.18 Å². The van der Waals surface area contributed by atoms with E-state index < -0.39 is 18.6 Å². The number of nitrogens with one attached hydrogen (secondary N) is 3. The summed E-state index contributed by atoms with van der Waals surface area (Å²) < 4.78 is 36.6. The van der Waals surface area contributed by atoms with Gasteiger partial charge in [0, 0.05) is 17.5 Å². The number of benzene rings is 1. The molecule has 2 amide bonds. The minimum absolute atomic E-state index is 0.0421. The number of pyridine rings is 1. The summed E-state index contributed by atoms with van der Waals surface area (Å²) in [5, 5.41) is 5.58. The van der Waals surface area contributed by atoms with Crippen LogP contribution in [0.2, 0.25) is 0 Å². The Bertz CT molecular complexity index is 1090. The molecule has 0 atom stereocenters. The van der Waals surface area contributed by atoms with Gasteiger partial charge in [0.25, 0.3) is 0 Å². The molecule has 0 bridgehead atoms. The van der Waals surface area contributed by atoms with Crippen molar-refractivity contribution in [1.29, 1.82) is 0 Å². The molecule has 0 aliphatic heterocycles. The summed E-state index contributed by atoms with van der Waals surface area (Å²) >= 11 is 0. The van der Waals surface area contributed by atoms with Crippen molar-refractivity contribution >= 4 is 28.7 Å². The highest BCUT2D eigenvalue weighted by molar-refractivity contribution is 5.99. The number of H-pyrrole nitrogens is 1. The zero-order valence-corrected chi connectivity index (χ0v) is 15.8. The molecule has 1 aliphatic carbocycles. The Balaban J connectivity index is 1.52. The van der Waals surface area contributed by atoms with Gasteiger partial charge in [-0.3, -0.25) is 9.59 Å². The first-order valence-electron chi connectivity index (χ1n) is 9.50. The molecule has 3 N–H and O–H groups in total. The third kappa shape index (κ3) is 4.79. The number of fused-ring (bicyclic) bond motifs is 1. The number of hydrogen-bond donors (Lipinski definition) is 3. The second kappa shape index (κ2) is 7.81. The molecule has 9 heteroatoms. The lowest BCUT2D eigenvalue weighted by molar-refractivity contribution is -0.138. The smallest absolute Gasteiger partial charge is 0.347 e. The molecule has 1 fully saturated rings. The molecule has 30 heavy (non-hydrogen) atoms. The van der Waals surface area contributed by atoms with E-state index in [2.05, 4.69) is 15.3 Å². The fourth-order valence-corrected chi connectivity index (χ4v) is 3.16. The van der Waals surface area contributed by atoms with Crippen LogP contribution in [0.3, 0.4) is 0 Å². The number of carbonyl (C=O) groups is 2. The number of hydrogen-bond acceptors (Lipinski definition) is 3. The van der Waals surface area contributed by atoms with Crippen LogP contribution >= 0.6 is 0 Å². The Morgan fingerprint density at radius 1 is 1.13 bits per heavy atom. The van der Waals surface area contributed by atoms with E-state index in [9.17, 15) is 22.8 Å². The molecular weight excluding hydrogens is 397 g/mol. The fourth-order valence-electron chi connectivity index (χ4n) is 3.16. The molecule has 1 aliphatic rings. The molecule has 6 nitrogen and oxygen atoms in total. The van der Waals surface area contributed by atoms with E-state index in [0.29, 0.717) is 17.0 Å². The predicted molar refractivity (Wildman–Crippen MR) is 106 cm³/mol. The lowest BCUT2D eigenvalue weighted by Crippen LogP contribution is -2.34. The molecular formula is C21H19F3N4O2. The van der Waals surface area contributed by atoms with E-state index in [-0.39, 0.29) is 18.2 Å². The molecule has 0 radical (unpaired) electrons. The summed E-state index contributed by atoms with van der Waals surface area (Å²) in [6.07, 6.45) is -1.04. The molecule has 1 saturated carbocycles. The number of aromatic nitrogens is 2. The first-order chi connectivity index (χ1) is 14.3. The van der Waals surface area contributed by atoms with Crippen LogP contribution < -0.4 is 10.6 Å². The van der Waals surface area contributed by atoms with E-state index in [1.807, 2.05) is 11.4 Å². The lowest BCUT2D eigenvalue weighted by Gasteiger charge is -2.10. The number of aromatic amines is 1. The molecule has 1 aromatic carbocycles. The van der Waals surface area contributed by atoms with Gasteiger partial charge in [-0.2, -0.15) is 13.2 Å². The summed E-state index contributed by atoms with van der Waals surface area (Å²) in [5.41, 5.74) is 2.91. The molecule has 0 saturated heterocycles. The highest BCUT2D eigenvalue weighted by Crippen LogP contribution is 2.33. The number of halogens is 3. The van der Waals surface area contributed by atoms with Crippen LogP contribution in [-0.4, -0.2) is 34.5 Å². The zero-order valence-electron chi connectivity index (χ0n) is 15.8. The van der Waals surface area contributed by atoms with Gasteiger partial charge in [0.1, 0.15) is 18.0 Å². The average molecular weight is 416 g/mol. The Hall–Kier alpha value is -3.36. The second-order valence-electron chi connectivity index (χ2n) is 7.32. The number of nitrogens with zero attached hydrogens (tertiary/aromatic N) is 1. The Labute approximate surface area is 169 Å². The quantitative estimate of drug-likeness (QED) is 0.571. The van der Waals surface area contributed by atoms with Crippen molar-refractivity contribution in [3.05, 3.63) is 48.2 Å². The molecule has 4 rings (SSSR count). The summed E-state index contributed by atoms with van der Waals surface area (Å²) in [7, 11) is 0. The van der Waals surface area contributed by atoms with E-state index in [1.54, 1.807) is 36.5 Å². The first-order valence-corrected chi connectivity index (χ1v) is 9.50. The monoisotopic (exact) mass is 416 g/mol. The van der Waals surface area contributed by atoms with Crippen LogP contribution in [0.25, 0.3) is 22.2 Å². The van der Waals surface area contributed by atoms with Crippen molar-refractivity contribution in [2.75, 3.05) is 11.9 Å². The van der Waals surface area contributed by atoms with Crippen LogP contribution in [0.5, 0.6) is 0 Å². The first kappa shape index (κ1) is 19.9. The fraction of sp³-hybridized carbons (Fsp3) is 0.286. The van der Waals surface area contributed by atoms with Gasteiger partial charge in [0.05, 0.1) is 6.42 Å². The SMILES string of the molecule is O=C(Cc1ccc(-c2cc(NC(=O)C3CC3)nc3[nH]ccc23)cc1)NCC(F)(F)F. The van der Waals surface area contributed by atoms with Crippen molar-refractivity contribution < 1.29 is 22.8 Å². The summed E-state index contributed by atoms with van der Waals surface area (Å²) in [5.74, 6) is -0.230. The van der Waals surface area contributed by atoms with Crippen molar-refractivity contribution in [2.45, 2.75) is 25.4 Å². The summed E-state index contributed by atoms with van der Waals surface area (Å²) in [6, 6.07) is 10.7. The van der Waals surface area contributed by atoms with E-state index >= 15 is 0 Å². The Kier molecular flexibility index (Phi) is 5.19. The number of anilines is 1. The number of rotatable bonds is 6. The maximum absolute atomic E-state index is 12.2. The maximum Gasteiger partial charge on any atom is 0.405 e. The summed E-state index contributed by atoms with van der Waals surface area (Å²) in [6.45, 7) is -1.35. The molecule has 156 valence electrons. The molecule has 3 aromatic rings. The van der Waals surface area contributed by atoms with Crippen LogP contribution in [0.15, 0.2) is 42.6 Å². The predicted octanol–water partition coefficient (Wildman–Crippen LogP) is 3.80. The minimum atomic E-state index is -4.44. The highest BCUT2D eigenvalue weighted by atomic mass is 19.4. The van der Waals surface area contributed by atoms with Crippen LogP contribution in [0.1, 0.15) is 18.4 Å². The maximum atomic E-state index is 12.2. The normalized spacial score (nSPS) is 14.0. The van der Waals surface area contributed by atoms with Crippen LogP contribution in [0.4, 0.5) is 19.0 Å². The number of amides is 2. The van der Waals surface area contributed by atoms with E-state index in [0.717, 1.165) is 29.4 Å². The minimum Gasteiger partial charge on any atom is -0.347 e. The number of carbonyl (C=O) groups excluding carboxylic acids is 2. The standard InChI is InChI=1S/C21H19F3N4O2/c22-21(23,24)11-26-18(29)9-12-1-3-13(4-2-12)16-10-17(28-20(30)14-5-6-14)27-19-15(16)7-8-25-19/h1-4,7-8,10,14H,5-6,9,11H2,(H,26,29)(H2,25,27,28,30). The van der Waals surface area contributed by atoms with Gasteiger partial charge in [0.2, 0.25) is 11.8 Å². The number of alkyl halides is 3. The third-order valence-corrected chi connectivity index (χ3v) is 4.84. The van der Waals surface area contributed by atoms with E-state index in [4.69, 9.17) is 0 Å².